The lowest BCUT2D eigenvalue weighted by molar-refractivity contribution is 0.0994. The first-order valence-corrected chi connectivity index (χ1v) is 11.7. The van der Waals surface area contributed by atoms with Crippen molar-refractivity contribution in [2.24, 2.45) is 0 Å². The summed E-state index contributed by atoms with van der Waals surface area (Å²) >= 11 is 2.76. The van der Waals surface area contributed by atoms with E-state index < -0.39 is 0 Å². The highest BCUT2D eigenvalue weighted by molar-refractivity contribution is 8.00. The first-order valence-electron chi connectivity index (χ1n) is 9.95. The van der Waals surface area contributed by atoms with Crippen molar-refractivity contribution in [3.8, 4) is 11.1 Å². The van der Waals surface area contributed by atoms with Crippen molar-refractivity contribution >= 4 is 39.1 Å². The second-order valence-corrected chi connectivity index (χ2v) is 9.45. The van der Waals surface area contributed by atoms with Gasteiger partial charge >= 0.3 is 0 Å². The van der Waals surface area contributed by atoms with Crippen LogP contribution in [0, 0.1) is 6.92 Å². The third-order valence-corrected chi connectivity index (χ3v) is 7.01. The van der Waals surface area contributed by atoms with Crippen molar-refractivity contribution in [3.05, 3.63) is 94.1 Å². The predicted molar refractivity (Wildman–Crippen MR) is 130 cm³/mol. The van der Waals surface area contributed by atoms with Gasteiger partial charge in [-0.1, -0.05) is 78.0 Å². The number of carbonyl (C=O) groups is 1. The summed E-state index contributed by atoms with van der Waals surface area (Å²) in [6.45, 7) is 8.02. The predicted octanol–water partition coefficient (Wildman–Crippen LogP) is 5.98. The van der Waals surface area contributed by atoms with Gasteiger partial charge < -0.3 is 0 Å². The summed E-state index contributed by atoms with van der Waals surface area (Å²) in [6.07, 6.45) is 1.68. The fourth-order valence-electron chi connectivity index (χ4n) is 3.38. The molecule has 2 aromatic heterocycles. The smallest absolute Gasteiger partial charge is 0.263 e. The van der Waals surface area contributed by atoms with Crippen LogP contribution in [0.4, 0.5) is 0 Å². The summed E-state index contributed by atoms with van der Waals surface area (Å²) in [5.74, 6) is 0.0108. The molecule has 4 aromatic rings. The van der Waals surface area contributed by atoms with Crippen LogP contribution in [0.5, 0.6) is 0 Å². The van der Waals surface area contributed by atoms with Crippen LogP contribution in [0.1, 0.15) is 22.8 Å². The molecule has 0 fully saturated rings. The van der Waals surface area contributed by atoms with Gasteiger partial charge in [0.1, 0.15) is 4.83 Å². The van der Waals surface area contributed by atoms with Crippen LogP contribution < -0.4 is 5.56 Å². The van der Waals surface area contributed by atoms with Crippen molar-refractivity contribution in [2.45, 2.75) is 30.8 Å². The average molecular weight is 447 g/mol. The number of ketones is 1. The number of hydrogen-bond donors (Lipinski definition) is 0. The summed E-state index contributed by atoms with van der Waals surface area (Å²) in [5, 5.41) is 2.75. The zero-order valence-electron chi connectivity index (χ0n) is 17.4. The zero-order valence-corrected chi connectivity index (χ0v) is 19.0. The molecule has 1 unspecified atom stereocenters. The third-order valence-electron chi connectivity index (χ3n) is 5.04. The van der Waals surface area contributed by atoms with E-state index in [-0.39, 0.29) is 16.6 Å². The molecular weight excluding hydrogens is 424 g/mol. The number of allylic oxidation sites excluding steroid dienone is 1. The Bertz CT molecular complexity index is 1310. The Kier molecular flexibility index (Phi) is 6.20. The lowest BCUT2D eigenvalue weighted by Gasteiger charge is -2.14. The van der Waals surface area contributed by atoms with Crippen LogP contribution in [-0.2, 0) is 6.54 Å². The second-order valence-electron chi connectivity index (χ2n) is 7.28. The van der Waals surface area contributed by atoms with Crippen molar-refractivity contribution < 1.29 is 4.79 Å². The Morgan fingerprint density at radius 3 is 2.58 bits per heavy atom. The van der Waals surface area contributed by atoms with E-state index in [0.717, 1.165) is 11.1 Å². The molecular formula is C25H22N2O2S2. The van der Waals surface area contributed by atoms with Gasteiger partial charge in [0.25, 0.3) is 5.56 Å². The van der Waals surface area contributed by atoms with Crippen LogP contribution >= 0.6 is 23.1 Å². The van der Waals surface area contributed by atoms with Gasteiger partial charge in [0.05, 0.1) is 10.6 Å². The van der Waals surface area contributed by atoms with Gasteiger partial charge in [-0.15, -0.1) is 17.9 Å². The highest BCUT2D eigenvalue weighted by Crippen LogP contribution is 2.33. The van der Waals surface area contributed by atoms with Crippen molar-refractivity contribution in [2.75, 3.05) is 0 Å². The van der Waals surface area contributed by atoms with Gasteiger partial charge in [-0.3, -0.25) is 14.2 Å². The molecule has 0 saturated heterocycles. The molecule has 0 saturated carbocycles. The van der Waals surface area contributed by atoms with Gasteiger partial charge in [0.15, 0.2) is 10.9 Å². The second kappa shape index (κ2) is 9.04. The molecule has 4 nitrogen and oxygen atoms in total. The highest BCUT2D eigenvalue weighted by atomic mass is 32.2. The first kappa shape index (κ1) is 21.3. The molecule has 0 spiro atoms. The minimum atomic E-state index is -0.376. The summed E-state index contributed by atoms with van der Waals surface area (Å²) in [4.78, 5) is 31.8. The van der Waals surface area contributed by atoms with E-state index in [1.54, 1.807) is 22.8 Å². The van der Waals surface area contributed by atoms with Gasteiger partial charge in [0, 0.05) is 23.1 Å². The molecule has 0 bridgehead atoms. The Morgan fingerprint density at radius 2 is 1.90 bits per heavy atom. The summed E-state index contributed by atoms with van der Waals surface area (Å²) in [7, 11) is 0. The number of aromatic nitrogens is 2. The monoisotopic (exact) mass is 446 g/mol. The number of thioether (sulfide) groups is 1. The summed E-state index contributed by atoms with van der Waals surface area (Å²) < 4.78 is 1.61. The number of benzene rings is 2. The van der Waals surface area contributed by atoms with E-state index in [2.05, 4.69) is 6.58 Å². The molecule has 0 aliphatic rings. The lowest BCUT2D eigenvalue weighted by atomic mass is 10.1. The van der Waals surface area contributed by atoms with E-state index in [1.807, 2.05) is 61.7 Å². The Labute approximate surface area is 189 Å². The van der Waals surface area contributed by atoms with Crippen LogP contribution in [-0.4, -0.2) is 20.6 Å². The largest absolute Gasteiger partial charge is 0.293 e. The molecule has 0 aliphatic carbocycles. The number of fused-ring (bicyclic) bond motifs is 1. The SMILES string of the molecule is C=CCn1c(SC(C)C(=O)c2ccccc2)nc2scc(-c3ccc(C)cc3)c2c1=O. The Morgan fingerprint density at radius 1 is 1.19 bits per heavy atom. The molecule has 2 heterocycles. The normalized spacial score (nSPS) is 12.1. The maximum Gasteiger partial charge on any atom is 0.263 e. The van der Waals surface area contributed by atoms with Crippen molar-refractivity contribution in [1.82, 2.24) is 9.55 Å². The molecule has 0 aliphatic heterocycles. The van der Waals surface area contributed by atoms with Crippen LogP contribution in [0.3, 0.4) is 0 Å². The van der Waals surface area contributed by atoms with E-state index >= 15 is 0 Å². The summed E-state index contributed by atoms with van der Waals surface area (Å²) in [5.41, 5.74) is 3.60. The molecule has 1 atom stereocenters. The van der Waals surface area contributed by atoms with E-state index in [9.17, 15) is 9.59 Å². The van der Waals surface area contributed by atoms with E-state index in [4.69, 9.17) is 4.98 Å². The molecule has 0 N–H and O–H groups in total. The molecule has 0 radical (unpaired) electrons. The number of hydrogen-bond acceptors (Lipinski definition) is 5. The zero-order chi connectivity index (χ0) is 22.0. The number of aryl methyl sites for hydroxylation is 1. The highest BCUT2D eigenvalue weighted by Gasteiger charge is 2.22. The quantitative estimate of drug-likeness (QED) is 0.152. The van der Waals surface area contributed by atoms with Crippen LogP contribution in [0.25, 0.3) is 21.3 Å². The molecule has 6 heteroatoms. The van der Waals surface area contributed by atoms with Crippen molar-refractivity contribution in [1.29, 1.82) is 0 Å². The third kappa shape index (κ3) is 4.27. The minimum absolute atomic E-state index is 0.0108. The minimum Gasteiger partial charge on any atom is -0.293 e. The van der Waals surface area contributed by atoms with E-state index in [1.165, 1.54) is 28.7 Å². The number of Topliss-reactive ketones (excluding diaryl/α,β-unsaturated/α-hetero) is 1. The van der Waals surface area contributed by atoms with Gasteiger partial charge in [-0.25, -0.2) is 4.98 Å². The number of rotatable bonds is 7. The topological polar surface area (TPSA) is 52.0 Å². The molecule has 156 valence electrons. The Balaban J connectivity index is 1.77. The summed E-state index contributed by atoms with van der Waals surface area (Å²) in [6, 6.07) is 17.3. The first-order chi connectivity index (χ1) is 15.0. The Hall–Kier alpha value is -2.96. The molecule has 31 heavy (non-hydrogen) atoms. The average Bonchev–Trinajstić information content (AvgIpc) is 3.21. The molecule has 2 aromatic carbocycles. The lowest BCUT2D eigenvalue weighted by Crippen LogP contribution is -2.24. The standard InChI is InChI=1S/C25H22N2O2S2/c1-4-14-27-24(29)21-20(18-12-10-16(2)11-13-18)15-30-23(21)26-25(27)31-17(3)22(28)19-8-6-5-7-9-19/h4-13,15,17H,1,14H2,2-3H3. The van der Waals surface area contributed by atoms with Gasteiger partial charge in [-0.05, 0) is 19.4 Å². The van der Waals surface area contributed by atoms with Crippen molar-refractivity contribution in [3.63, 3.8) is 0 Å². The maximum absolute atomic E-state index is 13.5. The number of carbonyl (C=O) groups excluding carboxylic acids is 1. The number of thiophene rings is 1. The van der Waals surface area contributed by atoms with E-state index in [0.29, 0.717) is 27.5 Å². The van der Waals surface area contributed by atoms with Gasteiger partial charge in [-0.2, -0.15) is 0 Å². The fourth-order valence-corrected chi connectivity index (χ4v) is 5.36. The van der Waals surface area contributed by atoms with Crippen LogP contribution in [0.15, 0.2) is 82.6 Å². The van der Waals surface area contributed by atoms with Gasteiger partial charge in [0.2, 0.25) is 0 Å². The molecule has 0 amide bonds. The fraction of sp³-hybridized carbons (Fsp3) is 0.160. The molecule has 4 rings (SSSR count). The maximum atomic E-state index is 13.5. The number of nitrogens with zero attached hydrogens (tertiary/aromatic N) is 2. The van der Waals surface area contributed by atoms with Crippen LogP contribution in [0.2, 0.25) is 0 Å².